The highest BCUT2D eigenvalue weighted by Gasteiger charge is 2.01. The quantitative estimate of drug-likeness (QED) is 0.713. The van der Waals surface area contributed by atoms with Crippen LogP contribution in [0.15, 0.2) is 30.6 Å². The number of nitrogens with two attached hydrogens (primary N) is 1. The van der Waals surface area contributed by atoms with E-state index in [2.05, 4.69) is 10.2 Å². The molecule has 0 saturated heterocycles. The maximum atomic E-state index is 5.69. The van der Waals surface area contributed by atoms with Crippen molar-refractivity contribution in [3.05, 3.63) is 30.6 Å². The van der Waals surface area contributed by atoms with Crippen molar-refractivity contribution in [3.63, 3.8) is 0 Å². The number of anilines is 1. The van der Waals surface area contributed by atoms with Crippen molar-refractivity contribution in [2.24, 2.45) is 0 Å². The Balaban J connectivity index is 2.48. The van der Waals surface area contributed by atoms with E-state index in [1.807, 2.05) is 6.07 Å². The van der Waals surface area contributed by atoms with E-state index in [1.54, 1.807) is 31.6 Å². The smallest absolute Gasteiger partial charge is 0.123 e. The summed E-state index contributed by atoms with van der Waals surface area (Å²) in [5, 5.41) is 7.99. The molecule has 1 aromatic heterocycles. The highest BCUT2D eigenvalue weighted by atomic mass is 16.5. The van der Waals surface area contributed by atoms with E-state index in [4.69, 9.17) is 10.5 Å². The minimum Gasteiger partial charge on any atom is -0.497 e. The number of benzene rings is 1. The van der Waals surface area contributed by atoms with E-state index in [0.29, 0.717) is 11.4 Å². The molecule has 2 aromatic rings. The standard InChI is InChI=1S/C9H10N4O/c1-14-9-5-7(10)4-8(6-9)13-11-2-3-12-13/h2-6H,10H2,1H3. The predicted molar refractivity (Wildman–Crippen MR) is 52.3 cm³/mol. The lowest BCUT2D eigenvalue weighted by Crippen LogP contribution is -2.00. The molecular formula is C9H10N4O. The van der Waals surface area contributed by atoms with Gasteiger partial charge in [-0.3, -0.25) is 0 Å². The summed E-state index contributed by atoms with van der Waals surface area (Å²) < 4.78 is 5.08. The van der Waals surface area contributed by atoms with Crippen LogP contribution in [0, 0.1) is 0 Å². The molecule has 1 heterocycles. The summed E-state index contributed by atoms with van der Waals surface area (Å²) in [5.74, 6) is 0.692. The molecule has 2 N–H and O–H groups in total. The predicted octanol–water partition coefficient (Wildman–Crippen LogP) is 0.858. The topological polar surface area (TPSA) is 66.0 Å². The van der Waals surface area contributed by atoms with Crippen molar-refractivity contribution in [1.82, 2.24) is 15.0 Å². The van der Waals surface area contributed by atoms with Crippen LogP contribution in [0.2, 0.25) is 0 Å². The van der Waals surface area contributed by atoms with Gasteiger partial charge in [0, 0.05) is 17.8 Å². The molecule has 0 atom stereocenters. The van der Waals surface area contributed by atoms with Gasteiger partial charge in [-0.15, -0.1) is 0 Å². The van der Waals surface area contributed by atoms with Crippen molar-refractivity contribution in [2.45, 2.75) is 0 Å². The normalized spacial score (nSPS) is 10.1. The lowest BCUT2D eigenvalue weighted by Gasteiger charge is -2.05. The molecule has 14 heavy (non-hydrogen) atoms. The summed E-state index contributed by atoms with van der Waals surface area (Å²) in [6.07, 6.45) is 3.21. The Kier molecular flexibility index (Phi) is 2.06. The maximum Gasteiger partial charge on any atom is 0.123 e. The molecular weight excluding hydrogens is 180 g/mol. The number of nitrogen functional groups attached to an aromatic ring is 1. The molecule has 0 bridgehead atoms. The summed E-state index contributed by atoms with van der Waals surface area (Å²) in [5.41, 5.74) is 7.10. The van der Waals surface area contributed by atoms with E-state index in [1.165, 1.54) is 4.80 Å². The zero-order valence-corrected chi connectivity index (χ0v) is 7.71. The maximum absolute atomic E-state index is 5.69. The minimum absolute atomic E-state index is 0.622. The molecule has 1 aromatic carbocycles. The Morgan fingerprint density at radius 1 is 1.21 bits per heavy atom. The first-order chi connectivity index (χ1) is 6.79. The third-order valence-electron chi connectivity index (χ3n) is 1.80. The second-order valence-corrected chi connectivity index (χ2v) is 2.78. The van der Waals surface area contributed by atoms with Crippen LogP contribution in [0.1, 0.15) is 0 Å². The molecule has 0 unspecified atom stereocenters. The van der Waals surface area contributed by atoms with Crippen LogP contribution in [0.5, 0.6) is 5.75 Å². The fourth-order valence-corrected chi connectivity index (χ4v) is 1.19. The van der Waals surface area contributed by atoms with Crippen LogP contribution >= 0.6 is 0 Å². The van der Waals surface area contributed by atoms with Gasteiger partial charge in [-0.2, -0.15) is 15.0 Å². The van der Waals surface area contributed by atoms with Gasteiger partial charge in [0.05, 0.1) is 25.2 Å². The number of ether oxygens (including phenoxy) is 1. The van der Waals surface area contributed by atoms with Gasteiger partial charge < -0.3 is 10.5 Å². The van der Waals surface area contributed by atoms with Crippen LogP contribution in [0.3, 0.4) is 0 Å². The van der Waals surface area contributed by atoms with Gasteiger partial charge in [-0.1, -0.05) is 0 Å². The average Bonchev–Trinajstić information content (AvgIpc) is 2.69. The molecule has 5 heteroatoms. The van der Waals surface area contributed by atoms with Crippen molar-refractivity contribution in [1.29, 1.82) is 0 Å². The largest absolute Gasteiger partial charge is 0.497 e. The molecule has 0 amide bonds. The Hall–Kier alpha value is -2.04. The molecule has 0 radical (unpaired) electrons. The highest BCUT2D eigenvalue weighted by Crippen LogP contribution is 2.19. The Labute approximate surface area is 81.1 Å². The molecule has 72 valence electrons. The summed E-state index contributed by atoms with van der Waals surface area (Å²) >= 11 is 0. The Morgan fingerprint density at radius 3 is 2.57 bits per heavy atom. The third-order valence-corrected chi connectivity index (χ3v) is 1.80. The molecule has 0 fully saturated rings. The first-order valence-electron chi connectivity index (χ1n) is 4.11. The SMILES string of the molecule is COc1cc(N)cc(-n2nccn2)c1. The minimum atomic E-state index is 0.622. The van der Waals surface area contributed by atoms with E-state index in [9.17, 15) is 0 Å². The van der Waals surface area contributed by atoms with Gasteiger partial charge in [-0.05, 0) is 6.07 Å². The molecule has 0 aliphatic carbocycles. The number of aromatic nitrogens is 3. The first kappa shape index (κ1) is 8.55. The summed E-state index contributed by atoms with van der Waals surface area (Å²) in [6, 6.07) is 5.34. The van der Waals surface area contributed by atoms with Crippen LogP contribution in [-0.2, 0) is 0 Å². The lowest BCUT2D eigenvalue weighted by molar-refractivity contribution is 0.414. The number of rotatable bonds is 2. The molecule has 0 aliphatic heterocycles. The van der Waals surface area contributed by atoms with E-state index in [-0.39, 0.29) is 0 Å². The van der Waals surface area contributed by atoms with Crippen molar-refractivity contribution in [2.75, 3.05) is 12.8 Å². The van der Waals surface area contributed by atoms with Gasteiger partial charge in [0.15, 0.2) is 0 Å². The summed E-state index contributed by atoms with van der Waals surface area (Å²) in [6.45, 7) is 0. The van der Waals surface area contributed by atoms with E-state index in [0.717, 1.165) is 5.69 Å². The average molecular weight is 190 g/mol. The summed E-state index contributed by atoms with van der Waals surface area (Å²) in [7, 11) is 1.59. The van der Waals surface area contributed by atoms with Crippen molar-refractivity contribution >= 4 is 5.69 Å². The van der Waals surface area contributed by atoms with Gasteiger partial charge in [0.2, 0.25) is 0 Å². The van der Waals surface area contributed by atoms with Gasteiger partial charge >= 0.3 is 0 Å². The van der Waals surface area contributed by atoms with Crippen LogP contribution < -0.4 is 10.5 Å². The number of hydrogen-bond acceptors (Lipinski definition) is 4. The Morgan fingerprint density at radius 2 is 1.93 bits per heavy atom. The molecule has 0 spiro atoms. The van der Waals surface area contributed by atoms with Gasteiger partial charge in [0.25, 0.3) is 0 Å². The van der Waals surface area contributed by atoms with Crippen molar-refractivity contribution < 1.29 is 4.74 Å². The second kappa shape index (κ2) is 3.37. The fraction of sp³-hybridized carbons (Fsp3) is 0.111. The summed E-state index contributed by atoms with van der Waals surface area (Å²) in [4.78, 5) is 1.48. The number of methoxy groups -OCH3 is 1. The lowest BCUT2D eigenvalue weighted by atomic mass is 10.2. The number of nitrogens with zero attached hydrogens (tertiary/aromatic N) is 3. The van der Waals surface area contributed by atoms with E-state index >= 15 is 0 Å². The molecule has 5 nitrogen and oxygen atoms in total. The highest BCUT2D eigenvalue weighted by molar-refractivity contribution is 5.52. The molecule has 0 saturated carbocycles. The third kappa shape index (κ3) is 1.52. The number of hydrogen-bond donors (Lipinski definition) is 1. The fourth-order valence-electron chi connectivity index (χ4n) is 1.19. The molecule has 2 rings (SSSR count). The van der Waals surface area contributed by atoms with Gasteiger partial charge in [0.1, 0.15) is 5.75 Å². The Bertz CT molecular complexity index is 424. The zero-order chi connectivity index (χ0) is 9.97. The monoisotopic (exact) mass is 190 g/mol. The second-order valence-electron chi connectivity index (χ2n) is 2.78. The van der Waals surface area contributed by atoms with Gasteiger partial charge in [-0.25, -0.2) is 0 Å². The van der Waals surface area contributed by atoms with E-state index < -0.39 is 0 Å². The van der Waals surface area contributed by atoms with Crippen LogP contribution in [-0.4, -0.2) is 22.1 Å². The van der Waals surface area contributed by atoms with Crippen molar-refractivity contribution in [3.8, 4) is 11.4 Å². The first-order valence-corrected chi connectivity index (χ1v) is 4.11. The molecule has 0 aliphatic rings. The van der Waals surface area contributed by atoms with Crippen LogP contribution in [0.4, 0.5) is 5.69 Å². The van der Waals surface area contributed by atoms with Crippen LogP contribution in [0.25, 0.3) is 5.69 Å². The zero-order valence-electron chi connectivity index (χ0n) is 7.71.